The molecule has 1 aromatic heterocycles. The summed E-state index contributed by atoms with van der Waals surface area (Å²) in [4.78, 5) is 33.1. The van der Waals surface area contributed by atoms with Gasteiger partial charge in [-0.1, -0.05) is 65.0 Å². The highest BCUT2D eigenvalue weighted by atomic mass is 32.1. The molecule has 156 valence electrons. The number of aromatic nitrogens is 1. The SMILES string of the molecule is CC(C)c1sc(NC(=O)C2CCN(C(=O)C(C)(C)C)CC2)nc1-c1ccccc1. The van der Waals surface area contributed by atoms with Crippen LogP contribution in [-0.2, 0) is 9.59 Å². The van der Waals surface area contributed by atoms with Gasteiger partial charge in [0.15, 0.2) is 5.13 Å². The Kier molecular flexibility index (Phi) is 6.42. The quantitative estimate of drug-likeness (QED) is 0.753. The average Bonchev–Trinajstić information content (AvgIpc) is 3.11. The van der Waals surface area contributed by atoms with Gasteiger partial charge in [-0.2, -0.15) is 0 Å². The maximum absolute atomic E-state index is 12.8. The monoisotopic (exact) mass is 413 g/mol. The van der Waals surface area contributed by atoms with Crippen molar-refractivity contribution >= 4 is 28.3 Å². The second-order valence-electron chi connectivity index (χ2n) is 9.06. The van der Waals surface area contributed by atoms with Gasteiger partial charge in [-0.3, -0.25) is 9.59 Å². The molecule has 1 aliphatic rings. The first-order valence-corrected chi connectivity index (χ1v) is 11.1. The van der Waals surface area contributed by atoms with Crippen molar-refractivity contribution in [2.75, 3.05) is 18.4 Å². The number of carbonyl (C=O) groups is 2. The van der Waals surface area contributed by atoms with Gasteiger partial charge in [-0.05, 0) is 18.8 Å². The van der Waals surface area contributed by atoms with Crippen LogP contribution in [0.15, 0.2) is 30.3 Å². The van der Waals surface area contributed by atoms with Crippen molar-refractivity contribution in [3.8, 4) is 11.3 Å². The normalized spacial score (nSPS) is 15.6. The molecule has 3 rings (SSSR count). The Labute approximate surface area is 177 Å². The fourth-order valence-electron chi connectivity index (χ4n) is 3.61. The Morgan fingerprint density at radius 3 is 2.31 bits per heavy atom. The first-order chi connectivity index (χ1) is 13.7. The molecule has 2 amide bonds. The van der Waals surface area contributed by atoms with Gasteiger partial charge < -0.3 is 10.2 Å². The third kappa shape index (κ3) is 5.04. The number of anilines is 1. The van der Waals surface area contributed by atoms with E-state index >= 15 is 0 Å². The molecule has 0 bridgehead atoms. The van der Waals surface area contributed by atoms with E-state index in [1.54, 1.807) is 11.3 Å². The minimum Gasteiger partial charge on any atom is -0.342 e. The molecule has 2 aromatic rings. The summed E-state index contributed by atoms with van der Waals surface area (Å²) >= 11 is 1.56. The fourth-order valence-corrected chi connectivity index (χ4v) is 4.60. The van der Waals surface area contributed by atoms with Crippen LogP contribution in [0.25, 0.3) is 11.3 Å². The number of nitrogens with one attached hydrogen (secondary N) is 1. The number of amides is 2. The molecule has 0 atom stereocenters. The van der Waals surface area contributed by atoms with Crippen molar-refractivity contribution < 1.29 is 9.59 Å². The van der Waals surface area contributed by atoms with Crippen LogP contribution >= 0.6 is 11.3 Å². The molecule has 2 heterocycles. The molecule has 0 unspecified atom stereocenters. The molecule has 6 heteroatoms. The van der Waals surface area contributed by atoms with E-state index in [2.05, 4.69) is 31.3 Å². The lowest BCUT2D eigenvalue weighted by Gasteiger charge is -2.35. The standard InChI is InChI=1S/C23H31N3O2S/c1-15(2)19-18(16-9-7-6-8-10-16)24-22(29-19)25-20(27)17-11-13-26(14-12-17)21(28)23(3,4)5/h6-10,15,17H,11-14H2,1-5H3,(H,24,25,27). The number of likely N-dealkylation sites (tertiary alicyclic amines) is 1. The van der Waals surface area contributed by atoms with Crippen LogP contribution in [0.5, 0.6) is 0 Å². The topological polar surface area (TPSA) is 62.3 Å². The zero-order valence-corrected chi connectivity index (χ0v) is 18.8. The molecule has 1 N–H and O–H groups in total. The lowest BCUT2D eigenvalue weighted by Crippen LogP contribution is -2.45. The largest absolute Gasteiger partial charge is 0.342 e. The van der Waals surface area contributed by atoms with E-state index < -0.39 is 0 Å². The van der Waals surface area contributed by atoms with Gasteiger partial charge in [0.1, 0.15) is 0 Å². The first-order valence-electron chi connectivity index (χ1n) is 10.3. The van der Waals surface area contributed by atoms with Crippen LogP contribution in [-0.4, -0.2) is 34.8 Å². The zero-order chi connectivity index (χ0) is 21.2. The Morgan fingerprint density at radius 2 is 1.76 bits per heavy atom. The van der Waals surface area contributed by atoms with Crippen molar-refractivity contribution in [3.05, 3.63) is 35.2 Å². The van der Waals surface area contributed by atoms with E-state index in [1.165, 1.54) is 4.88 Å². The van der Waals surface area contributed by atoms with Gasteiger partial charge >= 0.3 is 0 Å². The van der Waals surface area contributed by atoms with Gasteiger partial charge in [0, 0.05) is 34.9 Å². The van der Waals surface area contributed by atoms with Crippen molar-refractivity contribution in [2.24, 2.45) is 11.3 Å². The summed E-state index contributed by atoms with van der Waals surface area (Å²) in [6.07, 6.45) is 1.39. The van der Waals surface area contributed by atoms with Gasteiger partial charge in [0.25, 0.3) is 0 Å². The summed E-state index contributed by atoms with van der Waals surface area (Å²) in [6.45, 7) is 11.4. The molecular formula is C23H31N3O2S. The second kappa shape index (κ2) is 8.66. The molecule has 5 nitrogen and oxygen atoms in total. The second-order valence-corrected chi connectivity index (χ2v) is 10.1. The number of nitrogens with zero attached hydrogens (tertiary/aromatic N) is 2. The minimum absolute atomic E-state index is 0.0107. The third-order valence-corrected chi connectivity index (χ3v) is 6.52. The predicted octanol–water partition coefficient (Wildman–Crippen LogP) is 5.16. The molecule has 0 radical (unpaired) electrons. The van der Waals surface area contributed by atoms with Crippen LogP contribution in [0.4, 0.5) is 5.13 Å². The lowest BCUT2D eigenvalue weighted by atomic mass is 9.91. The molecule has 0 aliphatic carbocycles. The Balaban J connectivity index is 1.67. The molecule has 0 saturated carbocycles. The summed E-state index contributed by atoms with van der Waals surface area (Å²) in [5.74, 6) is 0.424. The highest BCUT2D eigenvalue weighted by molar-refractivity contribution is 7.16. The van der Waals surface area contributed by atoms with Crippen LogP contribution in [0.1, 0.15) is 58.3 Å². The van der Waals surface area contributed by atoms with E-state index in [9.17, 15) is 9.59 Å². The molecule has 0 spiro atoms. The highest BCUT2D eigenvalue weighted by Crippen LogP contribution is 2.36. The van der Waals surface area contributed by atoms with Gasteiger partial charge in [-0.15, -0.1) is 11.3 Å². The third-order valence-electron chi connectivity index (χ3n) is 5.25. The number of hydrogen-bond donors (Lipinski definition) is 1. The summed E-state index contributed by atoms with van der Waals surface area (Å²) in [6, 6.07) is 10.1. The molecule has 1 fully saturated rings. The van der Waals surface area contributed by atoms with Crippen molar-refractivity contribution in [1.82, 2.24) is 9.88 Å². The van der Waals surface area contributed by atoms with Crippen LogP contribution in [0, 0.1) is 11.3 Å². The average molecular weight is 414 g/mol. The van der Waals surface area contributed by atoms with Crippen molar-refractivity contribution in [3.63, 3.8) is 0 Å². The van der Waals surface area contributed by atoms with E-state index in [-0.39, 0.29) is 23.1 Å². The van der Waals surface area contributed by atoms with Crippen molar-refractivity contribution in [2.45, 2.75) is 53.4 Å². The van der Waals surface area contributed by atoms with Crippen molar-refractivity contribution in [1.29, 1.82) is 0 Å². The highest BCUT2D eigenvalue weighted by Gasteiger charge is 2.32. The Bertz CT molecular complexity index is 860. The molecule has 1 aromatic carbocycles. The molecule has 29 heavy (non-hydrogen) atoms. The molecule has 1 saturated heterocycles. The summed E-state index contributed by atoms with van der Waals surface area (Å²) < 4.78 is 0. The number of piperidine rings is 1. The molecule has 1 aliphatic heterocycles. The van der Waals surface area contributed by atoms with E-state index in [4.69, 9.17) is 4.98 Å². The fraction of sp³-hybridized carbons (Fsp3) is 0.522. The number of rotatable bonds is 4. The maximum atomic E-state index is 12.8. The Morgan fingerprint density at radius 1 is 1.14 bits per heavy atom. The number of carbonyl (C=O) groups excluding carboxylic acids is 2. The summed E-state index contributed by atoms with van der Waals surface area (Å²) in [7, 11) is 0. The van der Waals surface area contributed by atoms with Gasteiger partial charge in [0.2, 0.25) is 11.8 Å². The lowest BCUT2D eigenvalue weighted by molar-refractivity contribution is -0.142. The van der Waals surface area contributed by atoms with E-state index in [0.717, 1.165) is 11.3 Å². The Hall–Kier alpha value is -2.21. The maximum Gasteiger partial charge on any atom is 0.229 e. The van der Waals surface area contributed by atoms with Crippen LogP contribution in [0.3, 0.4) is 0 Å². The first kappa shape index (κ1) is 21.5. The zero-order valence-electron chi connectivity index (χ0n) is 18.0. The number of benzene rings is 1. The van der Waals surface area contributed by atoms with E-state index in [1.807, 2.05) is 43.9 Å². The van der Waals surface area contributed by atoms with Crippen LogP contribution in [0.2, 0.25) is 0 Å². The number of hydrogen-bond acceptors (Lipinski definition) is 4. The van der Waals surface area contributed by atoms with Gasteiger partial charge in [-0.25, -0.2) is 4.98 Å². The summed E-state index contributed by atoms with van der Waals surface area (Å²) in [5, 5.41) is 3.69. The van der Waals surface area contributed by atoms with E-state index in [0.29, 0.717) is 37.0 Å². The summed E-state index contributed by atoms with van der Waals surface area (Å²) in [5.41, 5.74) is 1.64. The number of thiazole rings is 1. The predicted molar refractivity (Wildman–Crippen MR) is 119 cm³/mol. The minimum atomic E-state index is -0.378. The smallest absolute Gasteiger partial charge is 0.229 e. The van der Waals surface area contributed by atoms with Crippen LogP contribution < -0.4 is 5.32 Å². The van der Waals surface area contributed by atoms with Gasteiger partial charge in [0.05, 0.1) is 5.69 Å². The molecular weight excluding hydrogens is 382 g/mol.